The van der Waals surface area contributed by atoms with Crippen LogP contribution in [0.25, 0.3) is 0 Å². The lowest BCUT2D eigenvalue weighted by Crippen LogP contribution is -2.11. The molecule has 1 aliphatic carbocycles. The quantitative estimate of drug-likeness (QED) is 0.587. The van der Waals surface area contributed by atoms with Crippen LogP contribution >= 0.6 is 0 Å². The molecule has 1 aromatic heterocycles. The van der Waals surface area contributed by atoms with Gasteiger partial charge in [0.15, 0.2) is 0 Å². The van der Waals surface area contributed by atoms with E-state index >= 15 is 0 Å². The minimum absolute atomic E-state index is 0.930. The van der Waals surface area contributed by atoms with Gasteiger partial charge in [0, 0.05) is 18.9 Å². The highest BCUT2D eigenvalue weighted by Gasteiger charge is 2.16. The summed E-state index contributed by atoms with van der Waals surface area (Å²) >= 11 is 0. The summed E-state index contributed by atoms with van der Waals surface area (Å²) in [7, 11) is 0. The summed E-state index contributed by atoms with van der Waals surface area (Å²) in [4.78, 5) is 4.14. The lowest BCUT2D eigenvalue weighted by molar-refractivity contribution is 0.288. The number of aromatic nitrogens is 2. The van der Waals surface area contributed by atoms with Crippen LogP contribution in [0.2, 0.25) is 0 Å². The smallest absolute Gasteiger partial charge is 0.0945 e. The first-order chi connectivity index (χ1) is 9.88. The molecule has 2 heteroatoms. The minimum atomic E-state index is 0.930. The Morgan fingerprint density at radius 3 is 2.70 bits per heavy atom. The van der Waals surface area contributed by atoms with Gasteiger partial charge in [-0.15, -0.1) is 0 Å². The first-order valence-electron chi connectivity index (χ1n) is 8.84. The SMILES string of the molecule is CCCCC(CCC1CCCCC1)CCn1ccnc1. The van der Waals surface area contributed by atoms with Crippen molar-refractivity contribution in [2.45, 2.75) is 84.1 Å². The van der Waals surface area contributed by atoms with E-state index in [9.17, 15) is 0 Å². The van der Waals surface area contributed by atoms with E-state index in [2.05, 4.69) is 22.7 Å². The van der Waals surface area contributed by atoms with E-state index in [0.717, 1.165) is 18.4 Å². The van der Waals surface area contributed by atoms with Crippen molar-refractivity contribution in [3.8, 4) is 0 Å². The summed E-state index contributed by atoms with van der Waals surface area (Å²) in [6.45, 7) is 3.47. The maximum absolute atomic E-state index is 4.14. The Bertz CT molecular complexity index is 325. The van der Waals surface area contributed by atoms with E-state index in [1.54, 1.807) is 0 Å². The van der Waals surface area contributed by atoms with Crippen molar-refractivity contribution in [3.05, 3.63) is 18.7 Å². The molecule has 0 aliphatic heterocycles. The van der Waals surface area contributed by atoms with Gasteiger partial charge in [0.25, 0.3) is 0 Å². The number of unbranched alkanes of at least 4 members (excludes halogenated alkanes) is 1. The van der Waals surface area contributed by atoms with Gasteiger partial charge in [-0.05, 0) is 18.3 Å². The molecule has 0 saturated heterocycles. The summed E-state index contributed by atoms with van der Waals surface area (Å²) in [5.41, 5.74) is 0. The van der Waals surface area contributed by atoms with Crippen LogP contribution in [0, 0.1) is 11.8 Å². The number of hydrogen-bond donors (Lipinski definition) is 0. The van der Waals surface area contributed by atoms with Gasteiger partial charge in [0.2, 0.25) is 0 Å². The maximum Gasteiger partial charge on any atom is 0.0945 e. The zero-order valence-corrected chi connectivity index (χ0v) is 13.3. The van der Waals surface area contributed by atoms with Gasteiger partial charge in [0.1, 0.15) is 0 Å². The molecule has 1 heterocycles. The molecule has 0 N–H and O–H groups in total. The molecule has 0 spiro atoms. The van der Waals surface area contributed by atoms with Gasteiger partial charge < -0.3 is 4.57 Å². The third kappa shape index (κ3) is 5.68. The molecule has 1 fully saturated rings. The van der Waals surface area contributed by atoms with Gasteiger partial charge in [-0.3, -0.25) is 0 Å². The van der Waals surface area contributed by atoms with Crippen LogP contribution in [0.3, 0.4) is 0 Å². The van der Waals surface area contributed by atoms with Crippen molar-refractivity contribution in [2.24, 2.45) is 11.8 Å². The summed E-state index contributed by atoms with van der Waals surface area (Å²) in [6.07, 6.45) is 21.8. The lowest BCUT2D eigenvalue weighted by Gasteiger charge is -2.24. The number of imidazole rings is 1. The average molecular weight is 276 g/mol. The average Bonchev–Trinajstić information content (AvgIpc) is 3.01. The van der Waals surface area contributed by atoms with Crippen LogP contribution in [0.5, 0.6) is 0 Å². The molecule has 0 bridgehead atoms. The molecule has 0 aromatic carbocycles. The minimum Gasteiger partial charge on any atom is -0.337 e. The van der Waals surface area contributed by atoms with E-state index < -0.39 is 0 Å². The fraction of sp³-hybridized carbons (Fsp3) is 0.833. The predicted octanol–water partition coefficient (Wildman–Crippen LogP) is 5.44. The summed E-state index contributed by atoms with van der Waals surface area (Å²) in [5.74, 6) is 1.97. The number of rotatable bonds is 9. The Morgan fingerprint density at radius 1 is 1.15 bits per heavy atom. The lowest BCUT2D eigenvalue weighted by atomic mass is 9.82. The monoisotopic (exact) mass is 276 g/mol. The predicted molar refractivity (Wildman–Crippen MR) is 85.7 cm³/mol. The van der Waals surface area contributed by atoms with Crippen molar-refractivity contribution in [1.82, 2.24) is 9.55 Å². The Labute approximate surface area is 125 Å². The Balaban J connectivity index is 1.70. The zero-order valence-electron chi connectivity index (χ0n) is 13.3. The molecular weight excluding hydrogens is 244 g/mol. The van der Waals surface area contributed by atoms with E-state index in [4.69, 9.17) is 0 Å². The molecule has 1 saturated carbocycles. The standard InChI is InChI=1S/C18H32N2/c1-2-3-7-18(12-14-20-15-13-19-16-20)11-10-17-8-5-4-6-9-17/h13,15-18H,2-12,14H2,1H3. The molecule has 2 rings (SSSR count). The van der Waals surface area contributed by atoms with Crippen LogP contribution < -0.4 is 0 Å². The van der Waals surface area contributed by atoms with Gasteiger partial charge in [-0.25, -0.2) is 4.98 Å². The van der Waals surface area contributed by atoms with Crippen LogP contribution in [-0.2, 0) is 6.54 Å². The second-order valence-corrected chi connectivity index (χ2v) is 6.68. The fourth-order valence-electron chi connectivity index (χ4n) is 3.62. The third-order valence-corrected chi connectivity index (χ3v) is 5.03. The van der Waals surface area contributed by atoms with Crippen molar-refractivity contribution in [2.75, 3.05) is 0 Å². The van der Waals surface area contributed by atoms with Gasteiger partial charge in [-0.1, -0.05) is 71.1 Å². The Kier molecular flexibility index (Phi) is 7.18. The van der Waals surface area contributed by atoms with Crippen LogP contribution in [-0.4, -0.2) is 9.55 Å². The van der Waals surface area contributed by atoms with Gasteiger partial charge >= 0.3 is 0 Å². The molecule has 1 unspecified atom stereocenters. The second-order valence-electron chi connectivity index (χ2n) is 6.68. The second kappa shape index (κ2) is 9.20. The highest BCUT2D eigenvalue weighted by molar-refractivity contribution is 4.75. The molecule has 114 valence electrons. The van der Waals surface area contributed by atoms with Crippen LogP contribution in [0.15, 0.2) is 18.7 Å². The highest BCUT2D eigenvalue weighted by atomic mass is 15.0. The molecule has 1 aromatic rings. The molecule has 2 nitrogen and oxygen atoms in total. The van der Waals surface area contributed by atoms with E-state index in [1.165, 1.54) is 70.6 Å². The zero-order chi connectivity index (χ0) is 14.0. The number of nitrogens with zero attached hydrogens (tertiary/aromatic N) is 2. The van der Waals surface area contributed by atoms with Gasteiger partial charge in [0.05, 0.1) is 6.33 Å². The molecular formula is C18H32N2. The van der Waals surface area contributed by atoms with E-state index in [-0.39, 0.29) is 0 Å². The normalized spacial score (nSPS) is 18.2. The Morgan fingerprint density at radius 2 is 2.00 bits per heavy atom. The molecule has 0 amide bonds. The molecule has 20 heavy (non-hydrogen) atoms. The highest BCUT2D eigenvalue weighted by Crippen LogP contribution is 2.30. The van der Waals surface area contributed by atoms with E-state index in [0.29, 0.717) is 0 Å². The van der Waals surface area contributed by atoms with Crippen LogP contribution in [0.4, 0.5) is 0 Å². The largest absolute Gasteiger partial charge is 0.337 e. The first kappa shape index (κ1) is 15.6. The van der Waals surface area contributed by atoms with Gasteiger partial charge in [-0.2, -0.15) is 0 Å². The van der Waals surface area contributed by atoms with Crippen molar-refractivity contribution >= 4 is 0 Å². The third-order valence-electron chi connectivity index (χ3n) is 5.03. The Hall–Kier alpha value is -0.790. The maximum atomic E-state index is 4.14. The van der Waals surface area contributed by atoms with Crippen LogP contribution in [0.1, 0.15) is 77.6 Å². The van der Waals surface area contributed by atoms with Crippen molar-refractivity contribution < 1.29 is 0 Å². The summed E-state index contributed by atoms with van der Waals surface area (Å²) in [5, 5.41) is 0. The van der Waals surface area contributed by atoms with E-state index in [1.807, 2.05) is 12.5 Å². The fourth-order valence-corrected chi connectivity index (χ4v) is 3.62. The van der Waals surface area contributed by atoms with Crippen molar-refractivity contribution in [3.63, 3.8) is 0 Å². The summed E-state index contributed by atoms with van der Waals surface area (Å²) in [6, 6.07) is 0. The first-order valence-corrected chi connectivity index (χ1v) is 8.84. The molecule has 1 atom stereocenters. The molecule has 0 radical (unpaired) electrons. The topological polar surface area (TPSA) is 17.8 Å². The summed E-state index contributed by atoms with van der Waals surface area (Å²) < 4.78 is 2.24. The molecule has 1 aliphatic rings. The number of hydrogen-bond acceptors (Lipinski definition) is 1. The number of aryl methyl sites for hydroxylation is 1. The van der Waals surface area contributed by atoms with Crippen molar-refractivity contribution in [1.29, 1.82) is 0 Å².